The number of benzene rings is 1. The van der Waals surface area contributed by atoms with E-state index >= 15 is 8.78 Å². The van der Waals surface area contributed by atoms with Gasteiger partial charge in [-0.3, -0.25) is 9.59 Å². The van der Waals surface area contributed by atoms with E-state index in [1.165, 1.54) is 12.1 Å². The molecule has 1 aromatic rings. The fourth-order valence-corrected chi connectivity index (χ4v) is 7.20. The molecule has 1 aliphatic carbocycles. The van der Waals surface area contributed by atoms with E-state index < -0.39 is 27.4 Å². The van der Waals surface area contributed by atoms with Crippen molar-refractivity contribution in [1.82, 2.24) is 10.6 Å². The van der Waals surface area contributed by atoms with E-state index in [0.29, 0.717) is 44.5 Å². The zero-order valence-corrected chi connectivity index (χ0v) is 19.2. The Hall–Kier alpha value is -2.23. The molecule has 5 rings (SSSR count). The van der Waals surface area contributed by atoms with E-state index in [1.54, 1.807) is 4.90 Å². The first-order valence-electron chi connectivity index (χ1n) is 11.7. The van der Waals surface area contributed by atoms with Gasteiger partial charge in [0.25, 0.3) is 0 Å². The van der Waals surface area contributed by atoms with Crippen LogP contribution in [0.15, 0.2) is 12.1 Å². The average Bonchev–Trinajstić information content (AvgIpc) is 3.53. The lowest BCUT2D eigenvalue weighted by Crippen LogP contribution is -2.46. The first kappa shape index (κ1) is 22.6. The minimum absolute atomic E-state index is 0.00292. The van der Waals surface area contributed by atoms with E-state index in [1.807, 2.05) is 0 Å². The Labute approximate surface area is 192 Å². The molecule has 2 N–H and O–H groups in total. The van der Waals surface area contributed by atoms with Crippen LogP contribution in [0.4, 0.5) is 14.5 Å². The number of piperidine rings is 1. The molecule has 10 heteroatoms. The van der Waals surface area contributed by atoms with E-state index in [0.717, 1.165) is 12.8 Å². The van der Waals surface area contributed by atoms with Gasteiger partial charge in [-0.25, -0.2) is 17.2 Å². The highest BCUT2D eigenvalue weighted by Gasteiger charge is 2.40. The van der Waals surface area contributed by atoms with Gasteiger partial charge in [0.15, 0.2) is 9.84 Å². The third-order valence-electron chi connectivity index (χ3n) is 7.55. The number of halogens is 2. The molecular formula is C23H29F2N3O4S. The Morgan fingerprint density at radius 2 is 1.70 bits per heavy atom. The molecule has 0 spiro atoms. The highest BCUT2D eigenvalue weighted by Crippen LogP contribution is 2.37. The first-order valence-corrected chi connectivity index (χ1v) is 13.5. The second-order valence-corrected chi connectivity index (χ2v) is 12.2. The van der Waals surface area contributed by atoms with Crippen LogP contribution in [0.2, 0.25) is 0 Å². The van der Waals surface area contributed by atoms with Crippen LogP contribution in [-0.2, 0) is 19.4 Å². The fourth-order valence-electron chi connectivity index (χ4n) is 5.45. The maximum absolute atomic E-state index is 15.0. The van der Waals surface area contributed by atoms with Crippen molar-refractivity contribution in [3.8, 4) is 0 Å². The SMILES string of the molecule is O=C(NCC1C[C@@H](c2cc(F)c(N3CCC(C4CS(=O)(=O)C4)CC3)c(F)c2)C(=O)N1)C1CC1. The molecule has 33 heavy (non-hydrogen) atoms. The maximum Gasteiger partial charge on any atom is 0.227 e. The second-order valence-electron chi connectivity index (χ2n) is 10.0. The summed E-state index contributed by atoms with van der Waals surface area (Å²) in [6.45, 7) is 1.26. The summed E-state index contributed by atoms with van der Waals surface area (Å²) in [6.07, 6.45) is 3.59. The van der Waals surface area contributed by atoms with Gasteiger partial charge in [-0.15, -0.1) is 0 Å². The molecule has 0 radical (unpaired) electrons. The van der Waals surface area contributed by atoms with Crippen LogP contribution in [0, 0.1) is 29.4 Å². The smallest absolute Gasteiger partial charge is 0.227 e. The zero-order chi connectivity index (χ0) is 23.3. The molecular weight excluding hydrogens is 452 g/mol. The third-order valence-corrected chi connectivity index (χ3v) is 9.43. The summed E-state index contributed by atoms with van der Waals surface area (Å²) in [7, 11) is -2.88. The van der Waals surface area contributed by atoms with Crippen molar-refractivity contribution in [2.45, 2.75) is 44.1 Å². The summed E-state index contributed by atoms with van der Waals surface area (Å²) in [5, 5.41) is 5.65. The lowest BCUT2D eigenvalue weighted by molar-refractivity contribution is -0.123. The van der Waals surface area contributed by atoms with Crippen LogP contribution in [0.3, 0.4) is 0 Å². The highest BCUT2D eigenvalue weighted by atomic mass is 32.2. The van der Waals surface area contributed by atoms with Crippen LogP contribution in [0.25, 0.3) is 0 Å². The lowest BCUT2D eigenvalue weighted by atomic mass is 9.85. The first-order chi connectivity index (χ1) is 15.7. The Kier molecular flexibility index (Phi) is 5.83. The van der Waals surface area contributed by atoms with Gasteiger partial charge >= 0.3 is 0 Å². The quantitative estimate of drug-likeness (QED) is 0.645. The van der Waals surface area contributed by atoms with Gasteiger partial charge in [-0.2, -0.15) is 0 Å². The van der Waals surface area contributed by atoms with Crippen molar-refractivity contribution in [3.63, 3.8) is 0 Å². The van der Waals surface area contributed by atoms with Crippen molar-refractivity contribution in [1.29, 1.82) is 0 Å². The minimum atomic E-state index is -2.88. The molecule has 1 saturated carbocycles. The van der Waals surface area contributed by atoms with E-state index in [-0.39, 0.29) is 52.8 Å². The van der Waals surface area contributed by atoms with Gasteiger partial charge in [-0.05, 0) is 61.6 Å². The van der Waals surface area contributed by atoms with Crippen molar-refractivity contribution < 1.29 is 26.8 Å². The molecule has 4 aliphatic rings. The van der Waals surface area contributed by atoms with Gasteiger partial charge in [0.05, 0.1) is 17.4 Å². The Bertz CT molecular complexity index is 1030. The molecule has 1 unspecified atom stereocenters. The third kappa shape index (κ3) is 4.72. The monoisotopic (exact) mass is 481 g/mol. The topological polar surface area (TPSA) is 95.6 Å². The Balaban J connectivity index is 1.21. The molecule has 180 valence electrons. The number of hydrogen-bond acceptors (Lipinski definition) is 5. The number of amides is 2. The highest BCUT2D eigenvalue weighted by molar-refractivity contribution is 7.92. The minimum Gasteiger partial charge on any atom is -0.367 e. The van der Waals surface area contributed by atoms with E-state index in [4.69, 9.17) is 0 Å². The Morgan fingerprint density at radius 1 is 1.06 bits per heavy atom. The molecule has 7 nitrogen and oxygen atoms in total. The zero-order valence-electron chi connectivity index (χ0n) is 18.4. The van der Waals surface area contributed by atoms with Crippen LogP contribution < -0.4 is 15.5 Å². The number of carbonyl (C=O) groups excluding carboxylic acids is 2. The average molecular weight is 482 g/mol. The molecule has 3 aliphatic heterocycles. The lowest BCUT2D eigenvalue weighted by Gasteiger charge is -2.40. The van der Waals surface area contributed by atoms with Crippen molar-refractivity contribution in [2.24, 2.45) is 17.8 Å². The van der Waals surface area contributed by atoms with Gasteiger partial charge in [0, 0.05) is 31.6 Å². The number of nitrogens with zero attached hydrogens (tertiary/aromatic N) is 1. The van der Waals surface area contributed by atoms with Crippen LogP contribution >= 0.6 is 0 Å². The molecule has 3 saturated heterocycles. The summed E-state index contributed by atoms with van der Waals surface area (Å²) in [4.78, 5) is 26.0. The van der Waals surface area contributed by atoms with Gasteiger partial charge < -0.3 is 15.5 Å². The normalized spacial score (nSPS) is 27.8. The molecule has 0 aromatic heterocycles. The number of rotatable bonds is 6. The van der Waals surface area contributed by atoms with Crippen LogP contribution in [0.1, 0.15) is 43.6 Å². The standard InChI is InChI=1S/C23H29F2N3O4S/c24-19-7-15(18-9-17(27-23(18)30)10-26-22(29)14-1-2-14)8-20(25)21(19)28-5-3-13(4-6-28)16-11-33(31,32)12-16/h7-8,13-14,16-18H,1-6,9-12H2,(H,26,29)(H,27,30)/t17?,18-/m0/s1. The summed E-state index contributed by atoms with van der Waals surface area (Å²) in [5.41, 5.74) is 0.224. The van der Waals surface area contributed by atoms with E-state index in [9.17, 15) is 18.0 Å². The van der Waals surface area contributed by atoms with Crippen molar-refractivity contribution >= 4 is 27.3 Å². The van der Waals surface area contributed by atoms with Gasteiger partial charge in [0.2, 0.25) is 11.8 Å². The molecule has 2 amide bonds. The largest absolute Gasteiger partial charge is 0.367 e. The van der Waals surface area contributed by atoms with Crippen LogP contribution in [0.5, 0.6) is 0 Å². The summed E-state index contributed by atoms with van der Waals surface area (Å²) in [6, 6.07) is 2.24. The van der Waals surface area contributed by atoms with Gasteiger partial charge in [0.1, 0.15) is 17.3 Å². The number of anilines is 1. The predicted octanol–water partition coefficient (Wildman–Crippen LogP) is 1.72. The van der Waals surface area contributed by atoms with Crippen molar-refractivity contribution in [3.05, 3.63) is 29.3 Å². The predicted molar refractivity (Wildman–Crippen MR) is 118 cm³/mol. The molecule has 1 aromatic carbocycles. The molecule has 2 atom stereocenters. The number of sulfone groups is 1. The van der Waals surface area contributed by atoms with E-state index in [2.05, 4.69) is 10.6 Å². The van der Waals surface area contributed by atoms with Crippen LogP contribution in [-0.4, -0.2) is 57.4 Å². The molecule has 3 heterocycles. The Morgan fingerprint density at radius 3 is 2.27 bits per heavy atom. The fraction of sp³-hybridized carbons (Fsp3) is 0.652. The molecule has 4 fully saturated rings. The summed E-state index contributed by atoms with van der Waals surface area (Å²) >= 11 is 0. The number of hydrogen-bond donors (Lipinski definition) is 2. The maximum atomic E-state index is 15.0. The van der Waals surface area contributed by atoms with Gasteiger partial charge in [-0.1, -0.05) is 0 Å². The number of nitrogens with one attached hydrogen (secondary N) is 2. The summed E-state index contributed by atoms with van der Waals surface area (Å²) in [5.74, 6) is -1.35. The molecule has 0 bridgehead atoms. The summed E-state index contributed by atoms with van der Waals surface area (Å²) < 4.78 is 52.9. The number of carbonyl (C=O) groups is 2. The second kappa shape index (κ2) is 8.52. The van der Waals surface area contributed by atoms with Crippen molar-refractivity contribution in [2.75, 3.05) is 36.0 Å².